The average Bonchev–Trinajstić information content (AvgIpc) is 3.08. The number of hydrogen-bond acceptors (Lipinski definition) is 6. The lowest BCUT2D eigenvalue weighted by Gasteiger charge is -2.03. The smallest absolute Gasteiger partial charge is 0.341 e. The zero-order chi connectivity index (χ0) is 16.4. The van der Waals surface area contributed by atoms with Gasteiger partial charge in [-0.15, -0.1) is 11.3 Å². The van der Waals surface area contributed by atoms with Crippen LogP contribution in [0.25, 0.3) is 0 Å². The normalized spacial score (nSPS) is 13.4. The van der Waals surface area contributed by atoms with Crippen LogP contribution in [0.15, 0.2) is 23.2 Å². The summed E-state index contributed by atoms with van der Waals surface area (Å²) >= 11 is 1.52. The third kappa shape index (κ3) is 3.07. The van der Waals surface area contributed by atoms with Crippen molar-refractivity contribution in [3.63, 3.8) is 0 Å². The predicted molar refractivity (Wildman–Crippen MR) is 89.3 cm³/mol. The van der Waals surface area contributed by atoms with Gasteiger partial charge in [0.1, 0.15) is 5.00 Å². The number of thiophene rings is 1. The molecule has 0 atom stereocenters. The number of benzene rings is 1. The Morgan fingerprint density at radius 2 is 2.17 bits per heavy atom. The molecule has 23 heavy (non-hydrogen) atoms. The van der Waals surface area contributed by atoms with E-state index in [1.54, 1.807) is 19.2 Å². The van der Waals surface area contributed by atoms with E-state index in [1.165, 1.54) is 28.3 Å². The summed E-state index contributed by atoms with van der Waals surface area (Å²) in [5.41, 5.74) is 2.28. The van der Waals surface area contributed by atoms with Crippen LogP contribution >= 0.6 is 11.3 Å². The van der Waals surface area contributed by atoms with Crippen LogP contribution in [-0.2, 0) is 17.6 Å². The number of carbonyl (C=O) groups is 1. The summed E-state index contributed by atoms with van der Waals surface area (Å²) in [5, 5.41) is 19.5. The molecule has 0 spiro atoms. The highest BCUT2D eigenvalue weighted by Gasteiger charge is 2.27. The van der Waals surface area contributed by atoms with E-state index in [4.69, 9.17) is 4.74 Å². The highest BCUT2D eigenvalue weighted by atomic mass is 32.1. The first-order valence-electron chi connectivity index (χ1n) is 7.48. The van der Waals surface area contributed by atoms with Crippen LogP contribution in [-0.4, -0.2) is 29.0 Å². The Bertz CT molecular complexity index is 779. The number of carbonyl (C=O) groups excluding carboxylic acids is 1. The summed E-state index contributed by atoms with van der Waals surface area (Å²) in [4.78, 5) is 17.9. The van der Waals surface area contributed by atoms with Crippen molar-refractivity contribution in [2.75, 3.05) is 6.61 Å². The molecule has 0 saturated carbocycles. The van der Waals surface area contributed by atoms with Crippen molar-refractivity contribution in [3.8, 4) is 11.5 Å². The first-order valence-corrected chi connectivity index (χ1v) is 8.29. The first-order chi connectivity index (χ1) is 11.1. The number of fused-ring (bicyclic) bond motifs is 1. The van der Waals surface area contributed by atoms with E-state index in [2.05, 4.69) is 4.99 Å². The number of ether oxygens (including phenoxy) is 1. The molecule has 2 N–H and O–H groups in total. The molecule has 1 aliphatic carbocycles. The maximum atomic E-state index is 12.2. The van der Waals surface area contributed by atoms with Crippen LogP contribution in [0.3, 0.4) is 0 Å². The summed E-state index contributed by atoms with van der Waals surface area (Å²) in [7, 11) is 0. The first kappa shape index (κ1) is 15.6. The van der Waals surface area contributed by atoms with E-state index in [9.17, 15) is 15.0 Å². The Hall–Kier alpha value is -2.34. The van der Waals surface area contributed by atoms with Gasteiger partial charge in [-0.25, -0.2) is 9.79 Å². The van der Waals surface area contributed by atoms with Crippen LogP contribution in [0.5, 0.6) is 11.5 Å². The number of aryl methyl sites for hydroxylation is 1. The molecule has 0 aliphatic heterocycles. The van der Waals surface area contributed by atoms with Gasteiger partial charge in [-0.3, -0.25) is 0 Å². The van der Waals surface area contributed by atoms with Crippen LogP contribution < -0.4 is 0 Å². The molecule has 1 heterocycles. The van der Waals surface area contributed by atoms with E-state index in [-0.39, 0.29) is 17.5 Å². The second kappa shape index (κ2) is 6.42. The highest BCUT2D eigenvalue weighted by molar-refractivity contribution is 7.16. The van der Waals surface area contributed by atoms with E-state index >= 15 is 0 Å². The topological polar surface area (TPSA) is 79.1 Å². The number of aromatic hydroxyl groups is 2. The van der Waals surface area contributed by atoms with E-state index in [0.29, 0.717) is 22.7 Å². The van der Waals surface area contributed by atoms with Crippen LogP contribution in [0.1, 0.15) is 39.7 Å². The molecule has 3 rings (SSSR count). The van der Waals surface area contributed by atoms with Gasteiger partial charge in [0.2, 0.25) is 0 Å². The Labute approximate surface area is 137 Å². The third-order valence-electron chi connectivity index (χ3n) is 3.71. The molecular weight excluding hydrogens is 314 g/mol. The van der Waals surface area contributed by atoms with Crippen molar-refractivity contribution in [1.29, 1.82) is 0 Å². The number of phenols is 2. The van der Waals surface area contributed by atoms with Crippen molar-refractivity contribution in [3.05, 3.63) is 39.8 Å². The molecule has 0 fully saturated rings. The van der Waals surface area contributed by atoms with Gasteiger partial charge in [-0.05, 0) is 55.5 Å². The largest absolute Gasteiger partial charge is 0.504 e. The number of aliphatic imine (C=N–C) groups is 1. The standard InChI is InChI=1S/C17H17NO4S/c1-2-22-17(21)15-11-4-3-5-14(11)23-16(15)18-9-10-6-7-12(19)13(20)8-10/h6-9,19-20H,2-5H2,1H3. The van der Waals surface area contributed by atoms with Crippen molar-refractivity contribution in [1.82, 2.24) is 0 Å². The predicted octanol–water partition coefficient (Wildman–Crippen LogP) is 3.58. The Morgan fingerprint density at radius 3 is 2.91 bits per heavy atom. The number of nitrogens with zero attached hydrogens (tertiary/aromatic N) is 1. The van der Waals surface area contributed by atoms with E-state index in [0.717, 1.165) is 24.8 Å². The summed E-state index contributed by atoms with van der Waals surface area (Å²) < 4.78 is 5.16. The molecule has 5 nitrogen and oxygen atoms in total. The molecule has 0 bridgehead atoms. The Kier molecular flexibility index (Phi) is 4.34. The second-order valence-electron chi connectivity index (χ2n) is 5.26. The molecule has 6 heteroatoms. The quantitative estimate of drug-likeness (QED) is 0.510. The molecule has 0 radical (unpaired) electrons. The van der Waals surface area contributed by atoms with Gasteiger partial charge in [0.15, 0.2) is 11.5 Å². The minimum Gasteiger partial charge on any atom is -0.504 e. The van der Waals surface area contributed by atoms with Crippen LogP contribution in [0.2, 0.25) is 0 Å². The van der Waals surface area contributed by atoms with Crippen LogP contribution in [0.4, 0.5) is 5.00 Å². The number of rotatable bonds is 4. The molecular formula is C17H17NO4S. The molecule has 1 aliphatic rings. The second-order valence-corrected chi connectivity index (χ2v) is 6.35. The average molecular weight is 331 g/mol. The Balaban J connectivity index is 1.94. The van der Waals surface area contributed by atoms with Gasteiger partial charge < -0.3 is 14.9 Å². The van der Waals surface area contributed by atoms with E-state index in [1.807, 2.05) is 0 Å². The van der Waals surface area contributed by atoms with Gasteiger partial charge in [0, 0.05) is 11.1 Å². The molecule has 120 valence electrons. The zero-order valence-electron chi connectivity index (χ0n) is 12.7. The van der Waals surface area contributed by atoms with E-state index < -0.39 is 0 Å². The molecule has 2 aromatic rings. The minimum absolute atomic E-state index is 0.176. The molecule has 1 aromatic heterocycles. The van der Waals surface area contributed by atoms with Gasteiger partial charge >= 0.3 is 5.97 Å². The van der Waals surface area contributed by atoms with Gasteiger partial charge in [-0.2, -0.15) is 0 Å². The van der Waals surface area contributed by atoms with Crippen molar-refractivity contribution < 1.29 is 19.7 Å². The number of esters is 1. The lowest BCUT2D eigenvalue weighted by atomic mass is 10.1. The Morgan fingerprint density at radius 1 is 1.35 bits per heavy atom. The summed E-state index contributed by atoms with van der Waals surface area (Å²) in [5.74, 6) is -0.703. The van der Waals surface area contributed by atoms with Crippen molar-refractivity contribution in [2.45, 2.75) is 26.2 Å². The van der Waals surface area contributed by atoms with Crippen LogP contribution in [0, 0.1) is 0 Å². The molecule has 0 amide bonds. The monoisotopic (exact) mass is 331 g/mol. The summed E-state index contributed by atoms with van der Waals surface area (Å²) in [6, 6.07) is 4.46. The van der Waals surface area contributed by atoms with Crippen molar-refractivity contribution in [2.24, 2.45) is 4.99 Å². The number of phenolic OH excluding ortho intramolecular Hbond substituents is 2. The maximum absolute atomic E-state index is 12.2. The van der Waals surface area contributed by atoms with Gasteiger partial charge in [-0.1, -0.05) is 0 Å². The highest BCUT2D eigenvalue weighted by Crippen LogP contribution is 2.41. The fourth-order valence-electron chi connectivity index (χ4n) is 2.65. The van der Waals surface area contributed by atoms with Gasteiger partial charge in [0.05, 0.1) is 12.2 Å². The summed E-state index contributed by atoms with van der Waals surface area (Å²) in [6.07, 6.45) is 4.49. The maximum Gasteiger partial charge on any atom is 0.341 e. The lowest BCUT2D eigenvalue weighted by Crippen LogP contribution is -2.06. The molecule has 1 aromatic carbocycles. The van der Waals surface area contributed by atoms with Crippen molar-refractivity contribution >= 4 is 28.5 Å². The SMILES string of the molecule is CCOC(=O)c1c(N=Cc2ccc(O)c(O)c2)sc2c1CCC2. The van der Waals surface area contributed by atoms with Gasteiger partial charge in [0.25, 0.3) is 0 Å². The fraction of sp³-hybridized carbons (Fsp3) is 0.294. The fourth-order valence-corrected chi connectivity index (χ4v) is 3.87. The zero-order valence-corrected chi connectivity index (χ0v) is 13.5. The lowest BCUT2D eigenvalue weighted by molar-refractivity contribution is 0.0527. The third-order valence-corrected chi connectivity index (χ3v) is 4.91. The molecule has 0 saturated heterocycles. The molecule has 0 unspecified atom stereocenters. The number of hydrogen-bond donors (Lipinski definition) is 2. The minimum atomic E-state index is -0.326. The summed E-state index contributed by atoms with van der Waals surface area (Å²) in [6.45, 7) is 2.12.